The van der Waals surface area contributed by atoms with E-state index in [0.717, 1.165) is 29.0 Å². The summed E-state index contributed by atoms with van der Waals surface area (Å²) in [6.45, 7) is 4.49. The van der Waals surface area contributed by atoms with E-state index in [1.165, 1.54) is 0 Å². The van der Waals surface area contributed by atoms with E-state index in [1.807, 2.05) is 32.0 Å². The van der Waals surface area contributed by atoms with Crippen molar-refractivity contribution < 1.29 is 14.6 Å². The molecule has 2 aromatic rings. The van der Waals surface area contributed by atoms with E-state index < -0.39 is 5.97 Å². The Bertz CT molecular complexity index is 632. The Morgan fingerprint density at radius 1 is 1.40 bits per heavy atom. The summed E-state index contributed by atoms with van der Waals surface area (Å²) in [6, 6.07) is 7.54. The highest BCUT2D eigenvalue weighted by Gasteiger charge is 2.13. The van der Waals surface area contributed by atoms with Gasteiger partial charge < -0.3 is 9.84 Å². The number of ether oxygens (including phenoxy) is 1. The first-order valence-corrected chi connectivity index (χ1v) is 6.48. The molecule has 1 aromatic heterocycles. The van der Waals surface area contributed by atoms with Crippen molar-refractivity contribution in [2.24, 2.45) is 0 Å². The predicted molar refractivity (Wildman–Crippen MR) is 75.4 cm³/mol. The molecule has 0 saturated heterocycles. The third-order valence-electron chi connectivity index (χ3n) is 3.20. The van der Waals surface area contributed by atoms with E-state index >= 15 is 0 Å². The normalized spacial score (nSPS) is 10.6. The van der Waals surface area contributed by atoms with Gasteiger partial charge in [0, 0.05) is 11.3 Å². The molecule has 1 heterocycles. The summed E-state index contributed by atoms with van der Waals surface area (Å²) in [4.78, 5) is 11.0. The largest absolute Gasteiger partial charge is 0.496 e. The second-order valence-corrected chi connectivity index (χ2v) is 4.65. The van der Waals surface area contributed by atoms with Gasteiger partial charge in [-0.05, 0) is 25.5 Å². The van der Waals surface area contributed by atoms with Crippen molar-refractivity contribution in [1.29, 1.82) is 0 Å². The second-order valence-electron chi connectivity index (χ2n) is 4.65. The van der Waals surface area contributed by atoms with E-state index in [4.69, 9.17) is 9.84 Å². The standard InChI is InChI=1S/C15H18N2O3/c1-4-12-8-13(15(18)19)16-17(12)9-11-7-10(2)5-6-14(11)20-3/h5-8H,4,9H2,1-3H3,(H,18,19). The van der Waals surface area contributed by atoms with E-state index in [2.05, 4.69) is 5.10 Å². The van der Waals surface area contributed by atoms with Crippen LogP contribution < -0.4 is 4.74 Å². The number of carbonyl (C=O) groups is 1. The molecular formula is C15H18N2O3. The molecule has 0 radical (unpaired) electrons. The maximum Gasteiger partial charge on any atom is 0.356 e. The average molecular weight is 274 g/mol. The molecule has 5 nitrogen and oxygen atoms in total. The van der Waals surface area contributed by atoms with Crippen molar-refractivity contribution in [1.82, 2.24) is 9.78 Å². The zero-order valence-electron chi connectivity index (χ0n) is 11.9. The van der Waals surface area contributed by atoms with Crippen molar-refractivity contribution in [3.05, 3.63) is 46.8 Å². The summed E-state index contributed by atoms with van der Waals surface area (Å²) >= 11 is 0. The summed E-state index contributed by atoms with van der Waals surface area (Å²) in [5.41, 5.74) is 3.09. The molecule has 5 heteroatoms. The fourth-order valence-corrected chi connectivity index (χ4v) is 2.17. The summed E-state index contributed by atoms with van der Waals surface area (Å²) in [5, 5.41) is 13.2. The first-order valence-electron chi connectivity index (χ1n) is 6.48. The van der Waals surface area contributed by atoms with Gasteiger partial charge in [-0.25, -0.2) is 4.79 Å². The van der Waals surface area contributed by atoms with Gasteiger partial charge in [0.1, 0.15) is 5.75 Å². The van der Waals surface area contributed by atoms with Crippen molar-refractivity contribution in [2.45, 2.75) is 26.8 Å². The zero-order valence-corrected chi connectivity index (χ0v) is 11.9. The van der Waals surface area contributed by atoms with Gasteiger partial charge in [-0.3, -0.25) is 4.68 Å². The fourth-order valence-electron chi connectivity index (χ4n) is 2.17. The molecule has 0 amide bonds. The number of rotatable bonds is 5. The van der Waals surface area contributed by atoms with Crippen LogP contribution in [0.5, 0.6) is 5.75 Å². The van der Waals surface area contributed by atoms with Crippen LogP contribution in [0.15, 0.2) is 24.3 Å². The van der Waals surface area contributed by atoms with Gasteiger partial charge in [-0.1, -0.05) is 24.6 Å². The van der Waals surface area contributed by atoms with Crippen molar-refractivity contribution in [3.8, 4) is 5.75 Å². The van der Waals surface area contributed by atoms with Crippen LogP contribution in [0.1, 0.15) is 34.2 Å². The van der Waals surface area contributed by atoms with Crippen LogP contribution in [0.3, 0.4) is 0 Å². The summed E-state index contributed by atoms with van der Waals surface area (Å²) < 4.78 is 7.07. The minimum Gasteiger partial charge on any atom is -0.496 e. The zero-order chi connectivity index (χ0) is 14.7. The third kappa shape index (κ3) is 2.82. The number of carboxylic acid groups (broad SMARTS) is 1. The highest BCUT2D eigenvalue weighted by Crippen LogP contribution is 2.21. The average Bonchev–Trinajstić information content (AvgIpc) is 2.82. The van der Waals surface area contributed by atoms with Crippen LogP contribution in [0.4, 0.5) is 0 Å². The lowest BCUT2D eigenvalue weighted by Gasteiger charge is -2.11. The molecule has 0 aliphatic carbocycles. The van der Waals surface area contributed by atoms with Gasteiger partial charge in [0.05, 0.1) is 13.7 Å². The molecule has 0 unspecified atom stereocenters. The monoisotopic (exact) mass is 274 g/mol. The highest BCUT2D eigenvalue weighted by molar-refractivity contribution is 5.85. The van der Waals surface area contributed by atoms with Gasteiger partial charge in [-0.15, -0.1) is 0 Å². The molecule has 1 aromatic carbocycles. The van der Waals surface area contributed by atoms with Crippen LogP contribution >= 0.6 is 0 Å². The maximum absolute atomic E-state index is 11.0. The Hall–Kier alpha value is -2.30. The lowest BCUT2D eigenvalue weighted by Crippen LogP contribution is -2.08. The number of hydrogen-bond donors (Lipinski definition) is 1. The molecule has 1 N–H and O–H groups in total. The molecule has 0 bridgehead atoms. The topological polar surface area (TPSA) is 64.3 Å². The van der Waals surface area contributed by atoms with E-state index in [9.17, 15) is 4.79 Å². The quantitative estimate of drug-likeness (QED) is 0.910. The Kier molecular flexibility index (Phi) is 4.08. The number of aryl methyl sites for hydroxylation is 2. The number of nitrogens with zero attached hydrogens (tertiary/aromatic N) is 2. The van der Waals surface area contributed by atoms with E-state index in [0.29, 0.717) is 6.54 Å². The summed E-state index contributed by atoms with van der Waals surface area (Å²) in [5.74, 6) is -0.223. The van der Waals surface area contributed by atoms with Crippen LogP contribution in [-0.2, 0) is 13.0 Å². The van der Waals surface area contributed by atoms with Gasteiger partial charge in [-0.2, -0.15) is 5.10 Å². The molecule has 0 spiro atoms. The Morgan fingerprint density at radius 3 is 2.75 bits per heavy atom. The van der Waals surface area contributed by atoms with Crippen molar-refractivity contribution in [3.63, 3.8) is 0 Å². The van der Waals surface area contributed by atoms with Crippen LogP contribution in [-0.4, -0.2) is 28.0 Å². The maximum atomic E-state index is 11.0. The molecule has 0 fully saturated rings. The number of aromatic nitrogens is 2. The van der Waals surface area contributed by atoms with Gasteiger partial charge in [0.25, 0.3) is 0 Å². The number of hydrogen-bond acceptors (Lipinski definition) is 3. The minimum absolute atomic E-state index is 0.0773. The van der Waals surface area contributed by atoms with E-state index in [1.54, 1.807) is 17.9 Å². The Labute approximate surface area is 117 Å². The highest BCUT2D eigenvalue weighted by atomic mass is 16.5. The molecule has 0 aliphatic rings. The van der Waals surface area contributed by atoms with Crippen molar-refractivity contribution >= 4 is 5.97 Å². The van der Waals surface area contributed by atoms with Crippen LogP contribution in [0.2, 0.25) is 0 Å². The SMILES string of the molecule is CCc1cc(C(=O)O)nn1Cc1cc(C)ccc1OC. The first kappa shape index (κ1) is 14.1. The van der Waals surface area contributed by atoms with Gasteiger partial charge >= 0.3 is 5.97 Å². The molecule has 0 saturated carbocycles. The molecule has 0 atom stereocenters. The second kappa shape index (κ2) is 5.77. The molecule has 20 heavy (non-hydrogen) atoms. The number of benzene rings is 1. The Balaban J connectivity index is 2.38. The molecule has 2 rings (SSSR count). The number of carboxylic acids is 1. The molecule has 0 aliphatic heterocycles. The van der Waals surface area contributed by atoms with Gasteiger partial charge in [0.15, 0.2) is 5.69 Å². The predicted octanol–water partition coefficient (Wildman–Crippen LogP) is 2.51. The number of methoxy groups -OCH3 is 1. The minimum atomic E-state index is -1.00. The summed E-state index contributed by atoms with van der Waals surface area (Å²) in [6.07, 6.45) is 0.731. The van der Waals surface area contributed by atoms with Crippen molar-refractivity contribution in [2.75, 3.05) is 7.11 Å². The first-order chi connectivity index (χ1) is 9.55. The lowest BCUT2D eigenvalue weighted by atomic mass is 10.1. The fraction of sp³-hybridized carbons (Fsp3) is 0.333. The smallest absolute Gasteiger partial charge is 0.356 e. The van der Waals surface area contributed by atoms with Crippen LogP contribution in [0, 0.1) is 6.92 Å². The Morgan fingerprint density at radius 2 is 2.15 bits per heavy atom. The third-order valence-corrected chi connectivity index (χ3v) is 3.20. The van der Waals surface area contributed by atoms with Gasteiger partial charge in [0.2, 0.25) is 0 Å². The lowest BCUT2D eigenvalue weighted by molar-refractivity contribution is 0.0689. The van der Waals surface area contributed by atoms with Crippen LogP contribution in [0.25, 0.3) is 0 Å². The summed E-state index contributed by atoms with van der Waals surface area (Å²) in [7, 11) is 1.63. The number of aromatic carboxylic acids is 1. The van der Waals surface area contributed by atoms with E-state index in [-0.39, 0.29) is 5.69 Å². The molecule has 106 valence electrons. The molecular weight excluding hydrogens is 256 g/mol.